The van der Waals surface area contributed by atoms with Crippen molar-refractivity contribution in [1.29, 1.82) is 0 Å². The third-order valence-electron chi connectivity index (χ3n) is 5.14. The van der Waals surface area contributed by atoms with Gasteiger partial charge < -0.3 is 14.9 Å². The van der Waals surface area contributed by atoms with E-state index in [2.05, 4.69) is 30.0 Å². The number of hydrogen-bond donors (Lipinski definition) is 2. The van der Waals surface area contributed by atoms with Crippen molar-refractivity contribution < 1.29 is 9.18 Å². The quantitative estimate of drug-likeness (QED) is 0.698. The van der Waals surface area contributed by atoms with Gasteiger partial charge in [0.05, 0.1) is 17.6 Å². The molecule has 2 N–H and O–H groups in total. The largest absolute Gasteiger partial charge is 0.349 e. The van der Waals surface area contributed by atoms with Crippen molar-refractivity contribution in [2.45, 2.75) is 57.5 Å². The SMILES string of the molecule is O=C(CCc1nc2ccc(F)cc2[nH]1)NCc1nncn1C1CCCCC1. The van der Waals surface area contributed by atoms with Crippen LogP contribution in [0.15, 0.2) is 24.5 Å². The highest BCUT2D eigenvalue weighted by Crippen LogP contribution is 2.28. The summed E-state index contributed by atoms with van der Waals surface area (Å²) in [6.07, 6.45) is 8.59. The summed E-state index contributed by atoms with van der Waals surface area (Å²) in [5.41, 5.74) is 1.35. The molecule has 0 atom stereocenters. The Kier molecular flexibility index (Phi) is 5.13. The number of nitrogens with zero attached hydrogens (tertiary/aromatic N) is 4. The lowest BCUT2D eigenvalue weighted by Gasteiger charge is -2.24. The van der Waals surface area contributed by atoms with Crippen molar-refractivity contribution in [2.24, 2.45) is 0 Å². The summed E-state index contributed by atoms with van der Waals surface area (Å²) in [6.45, 7) is 0.376. The number of rotatable bonds is 6. The van der Waals surface area contributed by atoms with Crippen LogP contribution >= 0.6 is 0 Å². The molecule has 0 bridgehead atoms. The van der Waals surface area contributed by atoms with Gasteiger partial charge in [-0.05, 0) is 31.0 Å². The minimum absolute atomic E-state index is 0.0696. The fraction of sp³-hybridized carbons (Fsp3) is 0.474. The van der Waals surface area contributed by atoms with Crippen LogP contribution in [0.25, 0.3) is 11.0 Å². The molecule has 8 heteroatoms. The van der Waals surface area contributed by atoms with E-state index in [0.717, 1.165) is 18.7 Å². The Labute approximate surface area is 156 Å². The Morgan fingerprint density at radius 2 is 2.15 bits per heavy atom. The average Bonchev–Trinajstić information content (AvgIpc) is 3.31. The zero-order valence-corrected chi connectivity index (χ0v) is 15.1. The topological polar surface area (TPSA) is 88.5 Å². The van der Waals surface area contributed by atoms with Gasteiger partial charge in [0.1, 0.15) is 18.0 Å². The van der Waals surface area contributed by atoms with E-state index >= 15 is 0 Å². The minimum Gasteiger partial charge on any atom is -0.349 e. The molecule has 3 aromatic rings. The molecule has 27 heavy (non-hydrogen) atoms. The molecule has 7 nitrogen and oxygen atoms in total. The lowest BCUT2D eigenvalue weighted by Crippen LogP contribution is -2.26. The number of benzene rings is 1. The number of nitrogens with one attached hydrogen (secondary N) is 2. The molecule has 2 aromatic heterocycles. The van der Waals surface area contributed by atoms with Crippen molar-refractivity contribution in [2.75, 3.05) is 0 Å². The van der Waals surface area contributed by atoms with E-state index in [4.69, 9.17) is 0 Å². The minimum atomic E-state index is -0.308. The van der Waals surface area contributed by atoms with Crippen LogP contribution in [0, 0.1) is 5.82 Å². The molecule has 142 valence electrons. The second kappa shape index (κ2) is 7.85. The molecule has 0 radical (unpaired) electrons. The number of imidazole rings is 1. The van der Waals surface area contributed by atoms with E-state index in [1.807, 2.05) is 0 Å². The molecule has 0 saturated heterocycles. The standard InChI is InChI=1S/C19H23FN6O/c20-13-6-7-15-16(10-13)24-17(23-15)8-9-19(27)21-11-18-25-22-12-26(18)14-4-2-1-3-5-14/h6-7,10,12,14H,1-5,8-9,11H2,(H,21,27)(H,23,24). The lowest BCUT2D eigenvalue weighted by molar-refractivity contribution is -0.121. The van der Waals surface area contributed by atoms with E-state index in [0.29, 0.717) is 42.3 Å². The van der Waals surface area contributed by atoms with Crippen LogP contribution < -0.4 is 5.32 Å². The number of aromatic amines is 1. The summed E-state index contributed by atoms with van der Waals surface area (Å²) in [6, 6.07) is 4.85. The van der Waals surface area contributed by atoms with Crippen molar-refractivity contribution in [3.63, 3.8) is 0 Å². The number of fused-ring (bicyclic) bond motifs is 1. The van der Waals surface area contributed by atoms with Crippen molar-refractivity contribution in [3.05, 3.63) is 42.0 Å². The first-order valence-electron chi connectivity index (χ1n) is 9.48. The van der Waals surface area contributed by atoms with Gasteiger partial charge in [0.25, 0.3) is 0 Å². The number of carbonyl (C=O) groups is 1. The number of hydrogen-bond acceptors (Lipinski definition) is 4. The Balaban J connectivity index is 1.30. The first-order valence-corrected chi connectivity index (χ1v) is 9.48. The fourth-order valence-corrected chi connectivity index (χ4v) is 3.71. The summed E-state index contributed by atoms with van der Waals surface area (Å²) in [7, 11) is 0. The maximum Gasteiger partial charge on any atom is 0.220 e. The molecule has 2 heterocycles. The van der Waals surface area contributed by atoms with E-state index in [-0.39, 0.29) is 11.7 Å². The second-order valence-electron chi connectivity index (χ2n) is 7.07. The maximum absolute atomic E-state index is 13.2. The maximum atomic E-state index is 13.2. The highest BCUT2D eigenvalue weighted by atomic mass is 19.1. The first kappa shape index (κ1) is 17.6. The van der Waals surface area contributed by atoms with Crippen LogP contribution in [0.4, 0.5) is 4.39 Å². The van der Waals surface area contributed by atoms with Gasteiger partial charge in [-0.3, -0.25) is 4.79 Å². The van der Waals surface area contributed by atoms with Gasteiger partial charge in [-0.2, -0.15) is 0 Å². The number of H-pyrrole nitrogens is 1. The number of carbonyl (C=O) groups excluding carboxylic acids is 1. The molecule has 0 unspecified atom stereocenters. The van der Waals surface area contributed by atoms with Gasteiger partial charge in [0, 0.05) is 18.9 Å². The van der Waals surface area contributed by atoms with Gasteiger partial charge in [0.2, 0.25) is 5.91 Å². The molecular weight excluding hydrogens is 347 g/mol. The number of amides is 1. The summed E-state index contributed by atoms with van der Waals surface area (Å²) >= 11 is 0. The second-order valence-corrected chi connectivity index (χ2v) is 7.07. The Morgan fingerprint density at radius 3 is 3.00 bits per heavy atom. The van der Waals surface area contributed by atoms with Crippen LogP contribution in [-0.4, -0.2) is 30.6 Å². The van der Waals surface area contributed by atoms with Crippen molar-refractivity contribution in [3.8, 4) is 0 Å². The van der Waals surface area contributed by atoms with Gasteiger partial charge >= 0.3 is 0 Å². The highest BCUT2D eigenvalue weighted by molar-refractivity contribution is 5.77. The lowest BCUT2D eigenvalue weighted by atomic mass is 9.95. The third kappa shape index (κ3) is 4.15. The Morgan fingerprint density at radius 1 is 1.30 bits per heavy atom. The fourth-order valence-electron chi connectivity index (χ4n) is 3.71. The molecular formula is C19H23FN6O. The molecule has 4 rings (SSSR count). The van der Waals surface area contributed by atoms with Gasteiger partial charge in [0.15, 0.2) is 5.82 Å². The zero-order valence-electron chi connectivity index (χ0n) is 15.1. The normalized spacial score (nSPS) is 15.3. The first-order chi connectivity index (χ1) is 13.2. The zero-order chi connectivity index (χ0) is 18.6. The van der Waals surface area contributed by atoms with Crippen LogP contribution in [0.5, 0.6) is 0 Å². The van der Waals surface area contributed by atoms with Gasteiger partial charge in [-0.15, -0.1) is 10.2 Å². The monoisotopic (exact) mass is 370 g/mol. The molecule has 0 spiro atoms. The molecule has 1 aromatic carbocycles. The van der Waals surface area contributed by atoms with E-state index in [9.17, 15) is 9.18 Å². The third-order valence-corrected chi connectivity index (χ3v) is 5.14. The van der Waals surface area contributed by atoms with E-state index in [1.54, 1.807) is 12.4 Å². The van der Waals surface area contributed by atoms with Crippen LogP contribution in [0.2, 0.25) is 0 Å². The average molecular weight is 370 g/mol. The smallest absolute Gasteiger partial charge is 0.220 e. The molecule has 1 aliphatic rings. The molecule has 0 aliphatic heterocycles. The molecule has 1 fully saturated rings. The van der Waals surface area contributed by atoms with Crippen LogP contribution in [0.1, 0.15) is 56.2 Å². The highest BCUT2D eigenvalue weighted by Gasteiger charge is 2.18. The Hall–Kier alpha value is -2.77. The predicted molar refractivity (Wildman–Crippen MR) is 98.4 cm³/mol. The van der Waals surface area contributed by atoms with Gasteiger partial charge in [-0.1, -0.05) is 19.3 Å². The van der Waals surface area contributed by atoms with E-state index < -0.39 is 0 Å². The van der Waals surface area contributed by atoms with Crippen LogP contribution in [0.3, 0.4) is 0 Å². The summed E-state index contributed by atoms with van der Waals surface area (Å²) in [4.78, 5) is 19.6. The number of halogens is 1. The van der Waals surface area contributed by atoms with Gasteiger partial charge in [-0.25, -0.2) is 9.37 Å². The van der Waals surface area contributed by atoms with E-state index in [1.165, 1.54) is 31.4 Å². The Bertz CT molecular complexity index is 927. The van der Waals surface area contributed by atoms with Crippen molar-refractivity contribution >= 4 is 16.9 Å². The number of aromatic nitrogens is 5. The molecule has 1 amide bonds. The summed E-state index contributed by atoms with van der Waals surface area (Å²) in [5, 5.41) is 11.1. The molecule has 1 aliphatic carbocycles. The summed E-state index contributed by atoms with van der Waals surface area (Å²) in [5.74, 6) is 1.10. The molecule has 1 saturated carbocycles. The van der Waals surface area contributed by atoms with Crippen molar-refractivity contribution in [1.82, 2.24) is 30.0 Å². The number of aryl methyl sites for hydroxylation is 1. The predicted octanol–water partition coefficient (Wildman–Crippen LogP) is 3.05. The summed E-state index contributed by atoms with van der Waals surface area (Å²) < 4.78 is 15.3. The van der Waals surface area contributed by atoms with Crippen LogP contribution in [-0.2, 0) is 17.8 Å².